The molecule has 1 unspecified atom stereocenters. The summed E-state index contributed by atoms with van der Waals surface area (Å²) in [4.78, 5) is 15.6. The van der Waals surface area contributed by atoms with Gasteiger partial charge in [0.15, 0.2) is 0 Å². The van der Waals surface area contributed by atoms with Gasteiger partial charge in [-0.25, -0.2) is 9.78 Å². The maximum Gasteiger partial charge on any atom is 0.339 e. The predicted octanol–water partition coefficient (Wildman–Crippen LogP) is 1.53. The van der Waals surface area contributed by atoms with Crippen molar-refractivity contribution in [3.8, 4) is 0 Å². The minimum absolute atomic E-state index is 0.333. The molecule has 0 saturated heterocycles. The van der Waals surface area contributed by atoms with Crippen molar-refractivity contribution in [3.63, 3.8) is 0 Å². The van der Waals surface area contributed by atoms with Crippen LogP contribution in [0.15, 0.2) is 18.3 Å². The van der Waals surface area contributed by atoms with E-state index in [1.165, 1.54) is 6.20 Å². The third-order valence-electron chi connectivity index (χ3n) is 2.46. The summed E-state index contributed by atoms with van der Waals surface area (Å²) >= 11 is 0. The second kappa shape index (κ2) is 7.66. The van der Waals surface area contributed by atoms with Crippen molar-refractivity contribution in [2.45, 2.75) is 13.8 Å². The fourth-order valence-corrected chi connectivity index (χ4v) is 1.53. The molecular weight excluding hydrogens is 230 g/mol. The number of pyridine rings is 1. The minimum Gasteiger partial charge on any atom is -0.462 e. The van der Waals surface area contributed by atoms with Crippen LogP contribution in [0.1, 0.15) is 24.2 Å². The molecule has 18 heavy (non-hydrogen) atoms. The Kier molecular flexibility index (Phi) is 6.14. The molecule has 1 aromatic heterocycles. The van der Waals surface area contributed by atoms with Crippen LogP contribution in [-0.4, -0.2) is 37.7 Å². The maximum atomic E-state index is 11.4. The molecule has 0 aliphatic rings. The zero-order valence-electron chi connectivity index (χ0n) is 11.2. The quantitative estimate of drug-likeness (QED) is 0.719. The number of rotatable bonds is 7. The Morgan fingerprint density at radius 1 is 1.44 bits per heavy atom. The van der Waals surface area contributed by atoms with Gasteiger partial charge in [0.1, 0.15) is 5.82 Å². The van der Waals surface area contributed by atoms with Crippen molar-refractivity contribution < 1.29 is 9.53 Å². The standard InChI is InChI=1S/C13H21N3O2/c1-4-18-13(17)11-5-6-12(16-9-11)15-8-10(2)7-14-3/h5-6,9-10,14H,4,7-8H2,1-3H3,(H,15,16). The molecule has 0 saturated carbocycles. The molecule has 1 rings (SSSR count). The molecule has 0 bridgehead atoms. The number of nitrogens with zero attached hydrogens (tertiary/aromatic N) is 1. The molecule has 0 radical (unpaired) electrons. The van der Waals surface area contributed by atoms with E-state index in [2.05, 4.69) is 22.5 Å². The average molecular weight is 251 g/mol. The van der Waals surface area contributed by atoms with E-state index in [4.69, 9.17) is 4.74 Å². The zero-order chi connectivity index (χ0) is 13.4. The molecule has 0 fully saturated rings. The second-order valence-electron chi connectivity index (χ2n) is 4.20. The largest absolute Gasteiger partial charge is 0.462 e. The van der Waals surface area contributed by atoms with Gasteiger partial charge < -0.3 is 15.4 Å². The van der Waals surface area contributed by atoms with Crippen LogP contribution >= 0.6 is 0 Å². The predicted molar refractivity (Wildman–Crippen MR) is 71.8 cm³/mol. The van der Waals surface area contributed by atoms with Crippen LogP contribution in [0.25, 0.3) is 0 Å². The summed E-state index contributed by atoms with van der Waals surface area (Å²) in [6, 6.07) is 3.51. The van der Waals surface area contributed by atoms with Gasteiger partial charge in [-0.05, 0) is 38.6 Å². The van der Waals surface area contributed by atoms with E-state index in [1.54, 1.807) is 19.1 Å². The van der Waals surface area contributed by atoms with Gasteiger partial charge in [-0.3, -0.25) is 0 Å². The topological polar surface area (TPSA) is 63.2 Å². The lowest BCUT2D eigenvalue weighted by Gasteiger charge is -2.12. The molecule has 5 heteroatoms. The number of hydrogen-bond donors (Lipinski definition) is 2. The minimum atomic E-state index is -0.333. The lowest BCUT2D eigenvalue weighted by molar-refractivity contribution is 0.0526. The number of esters is 1. The summed E-state index contributed by atoms with van der Waals surface area (Å²) < 4.78 is 4.89. The Hall–Kier alpha value is -1.62. The van der Waals surface area contributed by atoms with E-state index in [-0.39, 0.29) is 5.97 Å². The van der Waals surface area contributed by atoms with Crippen LogP contribution in [0, 0.1) is 5.92 Å². The molecule has 1 aromatic rings. The van der Waals surface area contributed by atoms with E-state index >= 15 is 0 Å². The summed E-state index contributed by atoms with van der Waals surface area (Å²) in [5.41, 5.74) is 0.477. The first-order valence-electron chi connectivity index (χ1n) is 6.19. The molecule has 0 spiro atoms. The Morgan fingerprint density at radius 2 is 2.22 bits per heavy atom. The Bertz CT molecular complexity index is 365. The lowest BCUT2D eigenvalue weighted by Crippen LogP contribution is -2.23. The fourth-order valence-electron chi connectivity index (χ4n) is 1.53. The highest BCUT2D eigenvalue weighted by molar-refractivity contribution is 5.89. The molecule has 100 valence electrons. The molecular formula is C13H21N3O2. The molecule has 0 aliphatic heterocycles. The number of hydrogen-bond acceptors (Lipinski definition) is 5. The van der Waals surface area contributed by atoms with E-state index < -0.39 is 0 Å². The summed E-state index contributed by atoms with van der Waals surface area (Å²) in [6.45, 7) is 6.10. The maximum absolute atomic E-state index is 11.4. The third-order valence-corrected chi connectivity index (χ3v) is 2.46. The van der Waals surface area contributed by atoms with Crippen LogP contribution in [-0.2, 0) is 4.74 Å². The average Bonchev–Trinajstić information content (AvgIpc) is 2.37. The van der Waals surface area contributed by atoms with Gasteiger partial charge in [0, 0.05) is 12.7 Å². The van der Waals surface area contributed by atoms with E-state index in [0.29, 0.717) is 18.1 Å². The normalized spacial score (nSPS) is 11.9. The van der Waals surface area contributed by atoms with Gasteiger partial charge >= 0.3 is 5.97 Å². The summed E-state index contributed by atoms with van der Waals surface area (Å²) in [5, 5.41) is 6.34. The zero-order valence-corrected chi connectivity index (χ0v) is 11.2. The number of carbonyl (C=O) groups is 1. The second-order valence-corrected chi connectivity index (χ2v) is 4.20. The van der Waals surface area contributed by atoms with Gasteiger partial charge in [-0.2, -0.15) is 0 Å². The highest BCUT2D eigenvalue weighted by Crippen LogP contribution is 2.07. The number of ether oxygens (including phenoxy) is 1. The summed E-state index contributed by atoms with van der Waals surface area (Å²) in [7, 11) is 1.93. The molecule has 0 aliphatic carbocycles. The van der Waals surface area contributed by atoms with Crippen LogP contribution < -0.4 is 10.6 Å². The smallest absolute Gasteiger partial charge is 0.339 e. The monoisotopic (exact) mass is 251 g/mol. The molecule has 1 heterocycles. The molecule has 0 aromatic carbocycles. The van der Waals surface area contributed by atoms with Gasteiger partial charge in [-0.15, -0.1) is 0 Å². The first kappa shape index (κ1) is 14.4. The summed E-state index contributed by atoms with van der Waals surface area (Å²) in [6.07, 6.45) is 1.53. The third kappa shape index (κ3) is 4.71. The van der Waals surface area contributed by atoms with Crippen molar-refractivity contribution in [1.29, 1.82) is 0 Å². The van der Waals surface area contributed by atoms with Crippen LogP contribution in [0.3, 0.4) is 0 Å². The van der Waals surface area contributed by atoms with Crippen LogP contribution in [0.4, 0.5) is 5.82 Å². The van der Waals surface area contributed by atoms with E-state index in [0.717, 1.165) is 18.9 Å². The Labute approximate surface area is 108 Å². The van der Waals surface area contributed by atoms with Crippen LogP contribution in [0.2, 0.25) is 0 Å². The van der Waals surface area contributed by atoms with Gasteiger partial charge in [0.25, 0.3) is 0 Å². The highest BCUT2D eigenvalue weighted by atomic mass is 16.5. The van der Waals surface area contributed by atoms with E-state index in [9.17, 15) is 4.79 Å². The van der Waals surface area contributed by atoms with Crippen molar-refractivity contribution in [3.05, 3.63) is 23.9 Å². The Morgan fingerprint density at radius 3 is 2.78 bits per heavy atom. The van der Waals surface area contributed by atoms with Crippen molar-refractivity contribution in [2.75, 3.05) is 32.1 Å². The van der Waals surface area contributed by atoms with Gasteiger partial charge in [-0.1, -0.05) is 6.92 Å². The molecule has 0 amide bonds. The van der Waals surface area contributed by atoms with Crippen molar-refractivity contribution in [2.24, 2.45) is 5.92 Å². The highest BCUT2D eigenvalue weighted by Gasteiger charge is 2.07. The molecule has 5 nitrogen and oxygen atoms in total. The SMILES string of the molecule is CCOC(=O)c1ccc(NCC(C)CNC)nc1. The van der Waals surface area contributed by atoms with Crippen molar-refractivity contribution >= 4 is 11.8 Å². The lowest BCUT2D eigenvalue weighted by atomic mass is 10.2. The first-order chi connectivity index (χ1) is 8.67. The van der Waals surface area contributed by atoms with Crippen molar-refractivity contribution in [1.82, 2.24) is 10.3 Å². The Balaban J connectivity index is 2.47. The number of anilines is 1. The fraction of sp³-hybridized carbons (Fsp3) is 0.538. The van der Waals surface area contributed by atoms with E-state index in [1.807, 2.05) is 7.05 Å². The molecule has 2 N–H and O–H groups in total. The van der Waals surface area contributed by atoms with Crippen LogP contribution in [0.5, 0.6) is 0 Å². The molecule has 1 atom stereocenters. The number of nitrogens with one attached hydrogen (secondary N) is 2. The first-order valence-corrected chi connectivity index (χ1v) is 6.19. The number of aromatic nitrogens is 1. The summed E-state index contributed by atoms with van der Waals surface area (Å²) in [5.74, 6) is 0.952. The number of carbonyl (C=O) groups excluding carboxylic acids is 1. The van der Waals surface area contributed by atoms with Gasteiger partial charge in [0.2, 0.25) is 0 Å². The van der Waals surface area contributed by atoms with Gasteiger partial charge in [0.05, 0.1) is 12.2 Å².